The van der Waals surface area contributed by atoms with Crippen LogP contribution in [0.15, 0.2) is 18.3 Å². The van der Waals surface area contributed by atoms with E-state index in [2.05, 4.69) is 20.1 Å². The second-order valence-corrected chi connectivity index (χ2v) is 5.38. The van der Waals surface area contributed by atoms with Crippen LogP contribution < -0.4 is 10.2 Å². The van der Waals surface area contributed by atoms with Gasteiger partial charge in [0.05, 0.1) is 12.2 Å². The third-order valence-corrected chi connectivity index (χ3v) is 4.10. The summed E-state index contributed by atoms with van der Waals surface area (Å²) >= 11 is 0. The number of likely N-dealkylation sites (N-methyl/N-ethyl adjacent to an activating group) is 1. The van der Waals surface area contributed by atoms with E-state index in [1.807, 2.05) is 13.1 Å². The Balaban J connectivity index is 2.04. The van der Waals surface area contributed by atoms with Crippen LogP contribution in [0.4, 0.5) is 5.82 Å². The Kier molecular flexibility index (Phi) is 5.52. The summed E-state index contributed by atoms with van der Waals surface area (Å²) in [7, 11) is 3.68. The van der Waals surface area contributed by atoms with Crippen LogP contribution in [-0.2, 0) is 0 Å². The number of piperidine rings is 1. The number of carbonyl (C=O) groups is 1. The maximum Gasteiger partial charge on any atom is 0.254 e. The predicted molar refractivity (Wildman–Crippen MR) is 82.6 cm³/mol. The molecule has 21 heavy (non-hydrogen) atoms. The fourth-order valence-electron chi connectivity index (χ4n) is 2.82. The molecule has 0 saturated carbocycles. The quantitative estimate of drug-likeness (QED) is 0.819. The van der Waals surface area contributed by atoms with Gasteiger partial charge in [-0.2, -0.15) is 0 Å². The summed E-state index contributed by atoms with van der Waals surface area (Å²) in [6, 6.07) is 4.08. The van der Waals surface area contributed by atoms with Crippen molar-refractivity contribution < 1.29 is 9.90 Å². The van der Waals surface area contributed by atoms with E-state index < -0.39 is 0 Å². The van der Waals surface area contributed by atoms with Crippen LogP contribution in [0.1, 0.15) is 23.2 Å². The highest BCUT2D eigenvalue weighted by Crippen LogP contribution is 2.23. The number of aromatic nitrogens is 1. The lowest BCUT2D eigenvalue weighted by Crippen LogP contribution is -2.45. The zero-order chi connectivity index (χ0) is 15.2. The molecule has 0 aromatic carbocycles. The van der Waals surface area contributed by atoms with Crippen LogP contribution in [0.2, 0.25) is 0 Å². The van der Waals surface area contributed by atoms with Crippen molar-refractivity contribution >= 4 is 11.7 Å². The van der Waals surface area contributed by atoms with Gasteiger partial charge in [-0.05, 0) is 32.0 Å². The standard InChI is InChI=1S/C15H24N4O2/c1-16-15(21)13-4-3-7-17-14(13)19-8-5-12(6-9-19)18(2)10-11-20/h3-4,7,12,20H,5-6,8-11H2,1-2H3,(H,16,21). The molecule has 2 heterocycles. The van der Waals surface area contributed by atoms with E-state index in [9.17, 15) is 4.79 Å². The number of rotatable bonds is 5. The third-order valence-electron chi connectivity index (χ3n) is 4.10. The van der Waals surface area contributed by atoms with Gasteiger partial charge in [0, 0.05) is 38.9 Å². The SMILES string of the molecule is CNC(=O)c1cccnc1N1CCC(N(C)CCO)CC1. The third kappa shape index (κ3) is 3.71. The first-order valence-electron chi connectivity index (χ1n) is 7.40. The number of amides is 1. The average molecular weight is 292 g/mol. The predicted octanol–water partition coefficient (Wildman–Crippen LogP) is 0.334. The molecule has 0 aliphatic carbocycles. The molecule has 1 aromatic rings. The molecule has 6 heteroatoms. The van der Waals surface area contributed by atoms with E-state index in [1.165, 1.54) is 0 Å². The van der Waals surface area contributed by atoms with Crippen LogP contribution in [0.5, 0.6) is 0 Å². The number of nitrogens with one attached hydrogen (secondary N) is 1. The Bertz CT molecular complexity index is 472. The lowest BCUT2D eigenvalue weighted by molar-refractivity contribution is 0.0963. The number of anilines is 1. The molecule has 0 bridgehead atoms. The second-order valence-electron chi connectivity index (χ2n) is 5.38. The summed E-state index contributed by atoms with van der Waals surface area (Å²) in [5.74, 6) is 0.665. The number of carbonyl (C=O) groups excluding carboxylic acids is 1. The molecule has 0 radical (unpaired) electrons. The van der Waals surface area contributed by atoms with E-state index >= 15 is 0 Å². The van der Waals surface area contributed by atoms with Crippen molar-refractivity contribution in [2.45, 2.75) is 18.9 Å². The number of hydrogen-bond donors (Lipinski definition) is 2. The molecule has 116 valence electrons. The van der Waals surface area contributed by atoms with Crippen molar-refractivity contribution in [3.8, 4) is 0 Å². The molecule has 1 saturated heterocycles. The van der Waals surface area contributed by atoms with Crippen molar-refractivity contribution in [1.29, 1.82) is 0 Å². The number of pyridine rings is 1. The molecule has 0 atom stereocenters. The van der Waals surface area contributed by atoms with Crippen molar-refractivity contribution in [2.24, 2.45) is 0 Å². The Morgan fingerprint density at radius 3 is 2.86 bits per heavy atom. The van der Waals surface area contributed by atoms with E-state index in [4.69, 9.17) is 5.11 Å². The van der Waals surface area contributed by atoms with Crippen molar-refractivity contribution in [2.75, 3.05) is 45.2 Å². The van der Waals surface area contributed by atoms with Gasteiger partial charge in [0.2, 0.25) is 0 Å². The van der Waals surface area contributed by atoms with Crippen LogP contribution in [-0.4, -0.2) is 67.3 Å². The van der Waals surface area contributed by atoms with Crippen LogP contribution in [0.3, 0.4) is 0 Å². The van der Waals surface area contributed by atoms with Crippen molar-refractivity contribution in [1.82, 2.24) is 15.2 Å². The lowest BCUT2D eigenvalue weighted by atomic mass is 10.0. The van der Waals surface area contributed by atoms with E-state index in [1.54, 1.807) is 19.3 Å². The first-order chi connectivity index (χ1) is 10.2. The molecule has 2 rings (SSSR count). The number of aliphatic hydroxyl groups is 1. The summed E-state index contributed by atoms with van der Waals surface area (Å²) in [5.41, 5.74) is 0.627. The zero-order valence-corrected chi connectivity index (χ0v) is 12.7. The van der Waals surface area contributed by atoms with Gasteiger partial charge < -0.3 is 20.2 Å². The largest absolute Gasteiger partial charge is 0.395 e. The highest BCUT2D eigenvalue weighted by molar-refractivity contribution is 5.98. The first kappa shape index (κ1) is 15.7. The van der Waals surface area contributed by atoms with Gasteiger partial charge in [-0.1, -0.05) is 0 Å². The summed E-state index contributed by atoms with van der Waals surface area (Å²) in [6.45, 7) is 2.65. The van der Waals surface area contributed by atoms with Crippen LogP contribution in [0.25, 0.3) is 0 Å². The molecular formula is C15H24N4O2. The minimum atomic E-state index is -0.0994. The van der Waals surface area contributed by atoms with Crippen LogP contribution in [0, 0.1) is 0 Å². The zero-order valence-electron chi connectivity index (χ0n) is 12.7. The minimum Gasteiger partial charge on any atom is -0.395 e. The molecular weight excluding hydrogens is 268 g/mol. The number of hydrogen-bond acceptors (Lipinski definition) is 5. The lowest BCUT2D eigenvalue weighted by Gasteiger charge is -2.37. The van der Waals surface area contributed by atoms with E-state index in [0.29, 0.717) is 18.2 Å². The Labute approximate surface area is 125 Å². The first-order valence-corrected chi connectivity index (χ1v) is 7.40. The Hall–Kier alpha value is -1.66. The van der Waals surface area contributed by atoms with Gasteiger partial charge in [-0.15, -0.1) is 0 Å². The highest BCUT2D eigenvalue weighted by Gasteiger charge is 2.25. The summed E-state index contributed by atoms with van der Waals surface area (Å²) < 4.78 is 0. The minimum absolute atomic E-state index is 0.0994. The van der Waals surface area contributed by atoms with Crippen molar-refractivity contribution in [3.63, 3.8) is 0 Å². The summed E-state index contributed by atoms with van der Waals surface area (Å²) in [4.78, 5) is 20.7. The molecule has 2 N–H and O–H groups in total. The van der Waals surface area contributed by atoms with Gasteiger partial charge in [-0.25, -0.2) is 4.98 Å². The fraction of sp³-hybridized carbons (Fsp3) is 0.600. The number of aliphatic hydroxyl groups excluding tert-OH is 1. The Morgan fingerprint density at radius 1 is 1.52 bits per heavy atom. The maximum absolute atomic E-state index is 11.9. The van der Waals surface area contributed by atoms with Gasteiger partial charge in [0.1, 0.15) is 5.82 Å². The highest BCUT2D eigenvalue weighted by atomic mass is 16.3. The normalized spacial score (nSPS) is 16.3. The summed E-state index contributed by atoms with van der Waals surface area (Å²) in [5, 5.41) is 11.7. The molecule has 1 aromatic heterocycles. The van der Waals surface area contributed by atoms with Crippen LogP contribution >= 0.6 is 0 Å². The van der Waals surface area contributed by atoms with Crippen molar-refractivity contribution in [3.05, 3.63) is 23.9 Å². The van der Waals surface area contributed by atoms with E-state index in [-0.39, 0.29) is 12.5 Å². The number of nitrogens with zero attached hydrogens (tertiary/aromatic N) is 3. The smallest absolute Gasteiger partial charge is 0.254 e. The molecule has 1 aliphatic rings. The van der Waals surface area contributed by atoms with Gasteiger partial charge >= 0.3 is 0 Å². The van der Waals surface area contributed by atoms with Gasteiger partial charge in [-0.3, -0.25) is 4.79 Å². The van der Waals surface area contributed by atoms with Gasteiger partial charge in [0.25, 0.3) is 5.91 Å². The molecule has 1 fully saturated rings. The van der Waals surface area contributed by atoms with E-state index in [0.717, 1.165) is 31.7 Å². The van der Waals surface area contributed by atoms with Gasteiger partial charge in [0.15, 0.2) is 0 Å². The summed E-state index contributed by atoms with van der Waals surface area (Å²) in [6.07, 6.45) is 3.76. The topological polar surface area (TPSA) is 68.7 Å². The molecule has 1 amide bonds. The molecule has 0 spiro atoms. The average Bonchev–Trinajstić information content (AvgIpc) is 2.54. The molecule has 6 nitrogen and oxygen atoms in total. The molecule has 0 unspecified atom stereocenters. The maximum atomic E-state index is 11.9. The second kappa shape index (κ2) is 7.38. The monoisotopic (exact) mass is 292 g/mol. The Morgan fingerprint density at radius 2 is 2.24 bits per heavy atom. The fourth-order valence-corrected chi connectivity index (χ4v) is 2.82. The molecule has 1 aliphatic heterocycles.